The molecule has 0 rings (SSSR count). The second kappa shape index (κ2) is 4.37. The summed E-state index contributed by atoms with van der Waals surface area (Å²) in [5.74, 6) is 0. The fourth-order valence-electron chi connectivity index (χ4n) is 0.561. The highest BCUT2D eigenvalue weighted by Crippen LogP contribution is 2.29. The molecule has 0 bridgehead atoms. The van der Waals surface area contributed by atoms with E-state index in [2.05, 4.69) is 0 Å². The average Bonchev–Trinajstić information content (AvgIpc) is 1.80. The maximum absolute atomic E-state index is 12.4. The third kappa shape index (κ3) is 4.31. The van der Waals surface area contributed by atoms with Gasteiger partial charge in [-0.05, 0) is 6.42 Å². The first-order chi connectivity index (χ1) is 4.48. The quantitative estimate of drug-likeness (QED) is 0.674. The van der Waals surface area contributed by atoms with Crippen LogP contribution in [0.3, 0.4) is 0 Å². The van der Waals surface area contributed by atoms with Crippen LogP contribution in [-0.4, -0.2) is 15.8 Å². The molecule has 4 heteroatoms. The zero-order chi connectivity index (χ0) is 8.20. The van der Waals surface area contributed by atoms with Crippen LogP contribution < -0.4 is 0 Å². The summed E-state index contributed by atoms with van der Waals surface area (Å²) < 4.78 is 9.90. The van der Waals surface area contributed by atoms with Crippen LogP contribution >= 0.6 is 23.2 Å². The average molecular weight is 189 g/mol. The van der Waals surface area contributed by atoms with Gasteiger partial charge in [0.1, 0.15) is 6.10 Å². The van der Waals surface area contributed by atoms with Crippen LogP contribution in [0.15, 0.2) is 0 Å². The summed E-state index contributed by atoms with van der Waals surface area (Å²) in [6.07, 6.45) is 0.656. The first kappa shape index (κ1) is 10.5. The standard InChI is InChI=1S/C6H11Cl2FO/c1-2-3-4-5(10)6(7,8)9/h5,10H,2-4H2,1H3/t5-/m0/s1. The molecule has 0 saturated carbocycles. The predicted octanol–water partition coefficient (Wildman–Crippen LogP) is 2.64. The van der Waals surface area contributed by atoms with Gasteiger partial charge in [0.05, 0.1) is 0 Å². The highest BCUT2D eigenvalue weighted by molar-refractivity contribution is 6.47. The van der Waals surface area contributed by atoms with Crippen molar-refractivity contribution in [3.8, 4) is 0 Å². The first-order valence-corrected chi connectivity index (χ1v) is 3.99. The smallest absolute Gasteiger partial charge is 0.283 e. The molecule has 0 aromatic carbocycles. The Morgan fingerprint density at radius 1 is 1.60 bits per heavy atom. The van der Waals surface area contributed by atoms with Crippen molar-refractivity contribution in [2.45, 2.75) is 36.9 Å². The molecule has 1 atom stereocenters. The fourth-order valence-corrected chi connectivity index (χ4v) is 0.779. The van der Waals surface area contributed by atoms with Crippen LogP contribution in [0.2, 0.25) is 0 Å². The molecule has 62 valence electrons. The number of halogens is 3. The van der Waals surface area contributed by atoms with Gasteiger partial charge in [-0.25, -0.2) is 4.39 Å². The lowest BCUT2D eigenvalue weighted by Crippen LogP contribution is -2.25. The Kier molecular flexibility index (Phi) is 4.57. The molecule has 0 heterocycles. The maximum Gasteiger partial charge on any atom is 0.283 e. The summed E-state index contributed by atoms with van der Waals surface area (Å²) in [5, 5.41) is 8.88. The third-order valence-corrected chi connectivity index (χ3v) is 1.71. The van der Waals surface area contributed by atoms with Gasteiger partial charge in [0.15, 0.2) is 0 Å². The van der Waals surface area contributed by atoms with Crippen molar-refractivity contribution in [2.24, 2.45) is 0 Å². The van der Waals surface area contributed by atoms with Crippen molar-refractivity contribution in [2.75, 3.05) is 0 Å². The van der Waals surface area contributed by atoms with Gasteiger partial charge in [0.2, 0.25) is 0 Å². The van der Waals surface area contributed by atoms with Gasteiger partial charge in [-0.2, -0.15) is 0 Å². The SMILES string of the molecule is CCCC[C@H](O)C(F)(Cl)Cl. The number of aliphatic hydroxyl groups is 1. The third-order valence-electron chi connectivity index (χ3n) is 1.21. The molecule has 0 aliphatic heterocycles. The fraction of sp³-hybridized carbons (Fsp3) is 1.00. The molecule has 0 aromatic heterocycles. The minimum absolute atomic E-state index is 0.306. The van der Waals surface area contributed by atoms with Crippen LogP contribution in [0.5, 0.6) is 0 Å². The van der Waals surface area contributed by atoms with Crippen molar-refractivity contribution in [3.05, 3.63) is 0 Å². The molecule has 1 N–H and O–H groups in total. The minimum atomic E-state index is -2.49. The molecule has 1 nitrogen and oxygen atoms in total. The van der Waals surface area contributed by atoms with Gasteiger partial charge in [-0.3, -0.25) is 0 Å². The molecule has 0 radical (unpaired) electrons. The maximum atomic E-state index is 12.4. The Balaban J connectivity index is 3.52. The molecular weight excluding hydrogens is 178 g/mol. The highest BCUT2D eigenvalue weighted by atomic mass is 35.5. The summed E-state index contributed by atoms with van der Waals surface area (Å²) in [6, 6.07) is 0. The molecule has 0 aliphatic carbocycles. The zero-order valence-corrected chi connectivity index (χ0v) is 7.29. The van der Waals surface area contributed by atoms with Gasteiger partial charge >= 0.3 is 0 Å². The number of rotatable bonds is 4. The lowest BCUT2D eigenvalue weighted by molar-refractivity contribution is 0.0877. The summed E-state index contributed by atoms with van der Waals surface area (Å²) >= 11 is 9.94. The molecular formula is C6H11Cl2FO. The number of hydrogen-bond acceptors (Lipinski definition) is 1. The Labute approximate surface area is 70.1 Å². The van der Waals surface area contributed by atoms with E-state index in [1.165, 1.54) is 0 Å². The van der Waals surface area contributed by atoms with Gasteiger partial charge in [-0.1, -0.05) is 43.0 Å². The van der Waals surface area contributed by atoms with Gasteiger partial charge in [-0.15, -0.1) is 0 Å². The van der Waals surface area contributed by atoms with E-state index >= 15 is 0 Å². The van der Waals surface area contributed by atoms with E-state index in [1.54, 1.807) is 0 Å². The molecule has 0 aromatic rings. The van der Waals surface area contributed by atoms with Gasteiger partial charge in [0, 0.05) is 0 Å². The van der Waals surface area contributed by atoms with Crippen molar-refractivity contribution in [1.82, 2.24) is 0 Å². The zero-order valence-electron chi connectivity index (χ0n) is 5.78. The topological polar surface area (TPSA) is 20.2 Å². The Bertz CT molecular complexity index is 92.2. The Hall–Kier alpha value is 0.470. The van der Waals surface area contributed by atoms with E-state index in [0.717, 1.165) is 12.8 Å². The molecule has 0 aliphatic rings. The summed E-state index contributed by atoms with van der Waals surface area (Å²) in [5.41, 5.74) is 0. The molecule has 0 unspecified atom stereocenters. The van der Waals surface area contributed by atoms with E-state index < -0.39 is 10.7 Å². The van der Waals surface area contributed by atoms with E-state index in [4.69, 9.17) is 28.3 Å². The lowest BCUT2D eigenvalue weighted by Gasteiger charge is -2.16. The number of aliphatic hydroxyl groups excluding tert-OH is 1. The van der Waals surface area contributed by atoms with Crippen molar-refractivity contribution >= 4 is 23.2 Å². The second-order valence-corrected chi connectivity index (χ2v) is 3.49. The summed E-state index contributed by atoms with van der Waals surface area (Å²) in [6.45, 7) is 1.94. The molecule has 0 spiro atoms. The number of hydrogen-bond donors (Lipinski definition) is 1. The molecule has 0 amide bonds. The molecule has 10 heavy (non-hydrogen) atoms. The molecule has 0 saturated heterocycles. The van der Waals surface area contributed by atoms with Crippen LogP contribution in [0.25, 0.3) is 0 Å². The largest absolute Gasteiger partial charge is 0.387 e. The Morgan fingerprint density at radius 2 is 2.10 bits per heavy atom. The van der Waals surface area contributed by atoms with E-state index in [9.17, 15) is 4.39 Å². The molecule has 0 fully saturated rings. The van der Waals surface area contributed by atoms with Crippen LogP contribution in [0.1, 0.15) is 26.2 Å². The van der Waals surface area contributed by atoms with E-state index in [0.29, 0.717) is 6.42 Å². The minimum Gasteiger partial charge on any atom is -0.387 e. The van der Waals surface area contributed by atoms with E-state index in [-0.39, 0.29) is 0 Å². The van der Waals surface area contributed by atoms with Crippen LogP contribution in [-0.2, 0) is 0 Å². The monoisotopic (exact) mass is 188 g/mol. The van der Waals surface area contributed by atoms with Crippen molar-refractivity contribution in [1.29, 1.82) is 0 Å². The number of alkyl halides is 3. The Morgan fingerprint density at radius 3 is 2.40 bits per heavy atom. The van der Waals surface area contributed by atoms with Crippen LogP contribution in [0.4, 0.5) is 4.39 Å². The summed E-state index contributed by atoms with van der Waals surface area (Å²) in [7, 11) is 0. The second-order valence-electron chi connectivity index (χ2n) is 2.20. The van der Waals surface area contributed by atoms with Crippen molar-refractivity contribution < 1.29 is 9.50 Å². The lowest BCUT2D eigenvalue weighted by atomic mass is 10.2. The van der Waals surface area contributed by atoms with E-state index in [1.807, 2.05) is 6.92 Å². The van der Waals surface area contributed by atoms with Gasteiger partial charge in [0.25, 0.3) is 4.59 Å². The predicted molar refractivity (Wildman–Crippen MR) is 41.1 cm³/mol. The first-order valence-electron chi connectivity index (χ1n) is 3.23. The normalized spacial score (nSPS) is 15.3. The van der Waals surface area contributed by atoms with Gasteiger partial charge < -0.3 is 5.11 Å². The highest BCUT2D eigenvalue weighted by Gasteiger charge is 2.32. The van der Waals surface area contributed by atoms with Crippen LogP contribution in [0, 0.1) is 0 Å². The number of unbranched alkanes of at least 4 members (excludes halogenated alkanes) is 1. The van der Waals surface area contributed by atoms with Crippen molar-refractivity contribution in [3.63, 3.8) is 0 Å². The summed E-state index contributed by atoms with van der Waals surface area (Å²) in [4.78, 5) is 0.